The van der Waals surface area contributed by atoms with E-state index in [0.29, 0.717) is 0 Å². The van der Waals surface area contributed by atoms with E-state index >= 15 is 0 Å². The minimum atomic E-state index is -0.102. The molecule has 6 heteroatoms. The molecule has 1 unspecified atom stereocenters. The van der Waals surface area contributed by atoms with E-state index in [1.807, 2.05) is 31.2 Å². The first kappa shape index (κ1) is 18.5. The van der Waals surface area contributed by atoms with Gasteiger partial charge in [0.25, 0.3) is 0 Å². The Kier molecular flexibility index (Phi) is 7.35. The third kappa shape index (κ3) is 5.31. The van der Waals surface area contributed by atoms with E-state index in [4.69, 9.17) is 0 Å². The topological polar surface area (TPSA) is 70.2 Å². The number of hydrogen-bond acceptors (Lipinski definition) is 3. The van der Waals surface area contributed by atoms with Gasteiger partial charge < -0.3 is 16.0 Å². The van der Waals surface area contributed by atoms with Crippen LogP contribution in [0.2, 0.25) is 0 Å². The van der Waals surface area contributed by atoms with Gasteiger partial charge in [-0.05, 0) is 44.0 Å². The molecule has 3 N–H and O–H groups in total. The summed E-state index contributed by atoms with van der Waals surface area (Å²) in [5, 5.41) is 9.03. The number of carbonyl (C=O) groups excluding carboxylic acids is 2. The van der Waals surface area contributed by atoms with Gasteiger partial charge >= 0.3 is 0 Å². The summed E-state index contributed by atoms with van der Waals surface area (Å²) >= 11 is 0. The summed E-state index contributed by atoms with van der Waals surface area (Å²) in [5.41, 5.74) is 1.72. The quantitative estimate of drug-likeness (QED) is 0.796. The predicted molar refractivity (Wildman–Crippen MR) is 90.2 cm³/mol. The SMILES string of the molecule is CC(=O)Nc1cccc(C(C)NC(=O)[C@@H]2CCCCN2)c1.Cl. The van der Waals surface area contributed by atoms with Crippen LogP contribution in [0.5, 0.6) is 0 Å². The lowest BCUT2D eigenvalue weighted by Gasteiger charge is -2.24. The first-order valence-corrected chi connectivity index (χ1v) is 7.47. The summed E-state index contributed by atoms with van der Waals surface area (Å²) in [5.74, 6) is -0.0534. The molecule has 0 radical (unpaired) electrons. The van der Waals surface area contributed by atoms with E-state index in [-0.39, 0.29) is 36.3 Å². The Balaban J connectivity index is 0.00000242. The van der Waals surface area contributed by atoms with Crippen molar-refractivity contribution in [2.24, 2.45) is 0 Å². The van der Waals surface area contributed by atoms with E-state index < -0.39 is 0 Å². The number of rotatable bonds is 4. The highest BCUT2D eigenvalue weighted by molar-refractivity contribution is 5.88. The van der Waals surface area contributed by atoms with Crippen LogP contribution in [0, 0.1) is 0 Å². The number of anilines is 1. The fourth-order valence-electron chi connectivity index (χ4n) is 2.56. The van der Waals surface area contributed by atoms with E-state index in [0.717, 1.165) is 37.1 Å². The molecule has 2 rings (SSSR count). The van der Waals surface area contributed by atoms with Gasteiger partial charge in [0.2, 0.25) is 11.8 Å². The molecule has 0 spiro atoms. The molecular weight excluding hydrogens is 302 g/mol. The van der Waals surface area contributed by atoms with Crippen molar-refractivity contribution >= 4 is 29.9 Å². The van der Waals surface area contributed by atoms with Gasteiger partial charge in [-0.25, -0.2) is 0 Å². The highest BCUT2D eigenvalue weighted by Crippen LogP contribution is 2.18. The van der Waals surface area contributed by atoms with Gasteiger partial charge in [-0.1, -0.05) is 18.6 Å². The maximum absolute atomic E-state index is 12.2. The van der Waals surface area contributed by atoms with Crippen LogP contribution in [0.4, 0.5) is 5.69 Å². The number of amides is 2. The second-order valence-corrected chi connectivity index (χ2v) is 5.54. The molecule has 22 heavy (non-hydrogen) atoms. The van der Waals surface area contributed by atoms with Crippen molar-refractivity contribution in [1.29, 1.82) is 0 Å². The maximum atomic E-state index is 12.2. The van der Waals surface area contributed by atoms with Crippen LogP contribution in [-0.2, 0) is 9.59 Å². The predicted octanol–water partition coefficient (Wildman–Crippen LogP) is 2.39. The fourth-order valence-corrected chi connectivity index (χ4v) is 2.56. The molecule has 1 aromatic carbocycles. The number of piperidine rings is 1. The molecule has 2 atom stereocenters. The average molecular weight is 326 g/mol. The first-order valence-electron chi connectivity index (χ1n) is 7.47. The fraction of sp³-hybridized carbons (Fsp3) is 0.500. The van der Waals surface area contributed by atoms with Crippen LogP contribution in [-0.4, -0.2) is 24.4 Å². The Labute approximate surface area is 137 Å². The lowest BCUT2D eigenvalue weighted by Crippen LogP contribution is -2.47. The van der Waals surface area contributed by atoms with Crippen molar-refractivity contribution in [1.82, 2.24) is 10.6 Å². The number of halogens is 1. The van der Waals surface area contributed by atoms with Gasteiger partial charge in [-0.3, -0.25) is 9.59 Å². The molecule has 1 aromatic rings. The summed E-state index contributed by atoms with van der Waals surface area (Å²) in [6, 6.07) is 7.38. The lowest BCUT2D eigenvalue weighted by atomic mass is 10.0. The normalized spacial score (nSPS) is 18.7. The molecule has 1 fully saturated rings. The molecule has 122 valence electrons. The van der Waals surface area contributed by atoms with Gasteiger partial charge in [0.1, 0.15) is 0 Å². The summed E-state index contributed by atoms with van der Waals surface area (Å²) < 4.78 is 0. The number of hydrogen-bond donors (Lipinski definition) is 3. The minimum Gasteiger partial charge on any atom is -0.348 e. The molecule has 1 heterocycles. The Bertz CT molecular complexity index is 516. The van der Waals surface area contributed by atoms with Crippen LogP contribution in [0.25, 0.3) is 0 Å². The Hall–Kier alpha value is -1.59. The van der Waals surface area contributed by atoms with Crippen molar-refractivity contribution in [3.63, 3.8) is 0 Å². The third-order valence-electron chi connectivity index (χ3n) is 3.69. The Morgan fingerprint density at radius 2 is 2.09 bits per heavy atom. The zero-order valence-electron chi connectivity index (χ0n) is 13.0. The zero-order valence-corrected chi connectivity index (χ0v) is 13.8. The number of benzene rings is 1. The average Bonchev–Trinajstić information content (AvgIpc) is 2.47. The second-order valence-electron chi connectivity index (χ2n) is 5.54. The molecule has 1 aliphatic rings. The minimum absolute atomic E-state index is 0. The smallest absolute Gasteiger partial charge is 0.237 e. The lowest BCUT2D eigenvalue weighted by molar-refractivity contribution is -0.124. The molecule has 0 aliphatic carbocycles. The van der Waals surface area contributed by atoms with Gasteiger partial charge in [0.05, 0.1) is 12.1 Å². The first-order chi connectivity index (χ1) is 10.1. The highest BCUT2D eigenvalue weighted by atomic mass is 35.5. The third-order valence-corrected chi connectivity index (χ3v) is 3.69. The van der Waals surface area contributed by atoms with Crippen molar-refractivity contribution in [3.05, 3.63) is 29.8 Å². The largest absolute Gasteiger partial charge is 0.348 e. The molecule has 0 saturated carbocycles. The monoisotopic (exact) mass is 325 g/mol. The molecule has 1 aliphatic heterocycles. The van der Waals surface area contributed by atoms with Gasteiger partial charge in [0.15, 0.2) is 0 Å². The molecular formula is C16H24ClN3O2. The Morgan fingerprint density at radius 3 is 2.73 bits per heavy atom. The summed E-state index contributed by atoms with van der Waals surface area (Å²) in [7, 11) is 0. The van der Waals surface area contributed by atoms with E-state index in [9.17, 15) is 9.59 Å². The van der Waals surface area contributed by atoms with Crippen LogP contribution in [0.3, 0.4) is 0 Å². The zero-order chi connectivity index (χ0) is 15.2. The number of carbonyl (C=O) groups is 2. The van der Waals surface area contributed by atoms with Crippen molar-refractivity contribution in [2.45, 2.75) is 45.2 Å². The molecule has 2 amide bonds. The van der Waals surface area contributed by atoms with E-state index in [1.54, 1.807) is 0 Å². The summed E-state index contributed by atoms with van der Waals surface area (Å²) in [6.45, 7) is 4.34. The molecule has 1 saturated heterocycles. The highest BCUT2D eigenvalue weighted by Gasteiger charge is 2.22. The summed E-state index contributed by atoms with van der Waals surface area (Å²) in [6.07, 6.45) is 3.13. The van der Waals surface area contributed by atoms with Crippen LogP contribution >= 0.6 is 12.4 Å². The number of nitrogens with one attached hydrogen (secondary N) is 3. The van der Waals surface area contributed by atoms with Gasteiger partial charge in [-0.2, -0.15) is 0 Å². The summed E-state index contributed by atoms with van der Waals surface area (Å²) in [4.78, 5) is 23.3. The van der Waals surface area contributed by atoms with Crippen molar-refractivity contribution in [3.8, 4) is 0 Å². The van der Waals surface area contributed by atoms with Crippen LogP contribution < -0.4 is 16.0 Å². The van der Waals surface area contributed by atoms with E-state index in [2.05, 4.69) is 16.0 Å². The van der Waals surface area contributed by atoms with E-state index in [1.165, 1.54) is 6.92 Å². The molecule has 0 aromatic heterocycles. The van der Waals surface area contributed by atoms with Crippen LogP contribution in [0.15, 0.2) is 24.3 Å². The van der Waals surface area contributed by atoms with Gasteiger partial charge in [0, 0.05) is 12.6 Å². The molecule has 0 bridgehead atoms. The standard InChI is InChI=1S/C16H23N3O2.ClH/c1-11(18-16(21)15-8-3-4-9-17-15)13-6-5-7-14(10-13)19-12(2)20;/h5-7,10-11,15,17H,3-4,8-9H2,1-2H3,(H,18,21)(H,19,20);1H/t11?,15-;/m0./s1. The van der Waals surface area contributed by atoms with Gasteiger partial charge in [-0.15, -0.1) is 12.4 Å². The van der Waals surface area contributed by atoms with Crippen LogP contribution in [0.1, 0.15) is 44.7 Å². The van der Waals surface area contributed by atoms with Crippen molar-refractivity contribution < 1.29 is 9.59 Å². The van der Waals surface area contributed by atoms with Crippen molar-refractivity contribution in [2.75, 3.05) is 11.9 Å². The maximum Gasteiger partial charge on any atom is 0.237 e. The Morgan fingerprint density at radius 1 is 1.32 bits per heavy atom. The molecule has 5 nitrogen and oxygen atoms in total. The second kappa shape index (κ2) is 8.76.